The van der Waals surface area contributed by atoms with E-state index in [2.05, 4.69) is 10.3 Å². The number of imide groups is 1. The number of hydrogen-bond acceptors (Lipinski definition) is 7. The lowest BCUT2D eigenvalue weighted by Crippen LogP contribution is -2.34. The lowest BCUT2D eigenvalue weighted by Gasteiger charge is -2.11. The van der Waals surface area contributed by atoms with Crippen LogP contribution in [0, 0.1) is 0 Å². The maximum absolute atomic E-state index is 12.9. The monoisotopic (exact) mass is 470 g/mol. The second kappa shape index (κ2) is 10.5. The second-order valence-corrected chi connectivity index (χ2v) is 7.48. The molecule has 3 aromatic carbocycles. The Morgan fingerprint density at radius 1 is 0.829 bits per heavy atom. The van der Waals surface area contributed by atoms with E-state index in [0.29, 0.717) is 28.1 Å². The molecule has 0 unspecified atom stereocenters. The van der Waals surface area contributed by atoms with E-state index >= 15 is 0 Å². The summed E-state index contributed by atoms with van der Waals surface area (Å²) in [4.78, 5) is 42.1. The molecule has 1 aromatic heterocycles. The minimum Gasteiger partial charge on any atom is -0.497 e. The summed E-state index contributed by atoms with van der Waals surface area (Å²) in [6, 6.07) is 22.3. The van der Waals surface area contributed by atoms with Crippen molar-refractivity contribution in [1.82, 2.24) is 10.3 Å². The summed E-state index contributed by atoms with van der Waals surface area (Å²) in [5.41, 5.74) is 2.49. The third-order valence-electron chi connectivity index (χ3n) is 5.26. The van der Waals surface area contributed by atoms with Crippen LogP contribution in [-0.2, 0) is 9.53 Å². The van der Waals surface area contributed by atoms with Gasteiger partial charge in [-0.05, 0) is 60.7 Å². The number of ether oxygens (including phenoxy) is 3. The number of nitrogens with zero attached hydrogens (tertiary/aromatic N) is 1. The van der Waals surface area contributed by atoms with Crippen LogP contribution in [0.2, 0.25) is 0 Å². The first-order valence-electron chi connectivity index (χ1n) is 10.7. The molecule has 0 atom stereocenters. The van der Waals surface area contributed by atoms with E-state index in [4.69, 9.17) is 14.2 Å². The molecule has 0 saturated heterocycles. The van der Waals surface area contributed by atoms with Crippen LogP contribution in [0.3, 0.4) is 0 Å². The zero-order valence-electron chi connectivity index (χ0n) is 19.1. The molecule has 0 aliphatic heterocycles. The quantitative estimate of drug-likeness (QED) is 0.407. The number of carbonyl (C=O) groups excluding carboxylic acids is 3. The summed E-state index contributed by atoms with van der Waals surface area (Å²) >= 11 is 0. The highest BCUT2D eigenvalue weighted by Crippen LogP contribution is 2.26. The average molecular weight is 470 g/mol. The van der Waals surface area contributed by atoms with E-state index in [1.165, 1.54) is 19.2 Å². The highest BCUT2D eigenvalue weighted by Gasteiger charge is 2.18. The number of aromatic nitrogens is 1. The van der Waals surface area contributed by atoms with Gasteiger partial charge >= 0.3 is 5.97 Å². The predicted octanol–water partition coefficient (Wildman–Crippen LogP) is 4.03. The zero-order chi connectivity index (χ0) is 24.8. The molecule has 0 saturated carbocycles. The van der Waals surface area contributed by atoms with Crippen LogP contribution in [0.25, 0.3) is 22.2 Å². The number of para-hydroxylation sites is 1. The first kappa shape index (κ1) is 23.4. The van der Waals surface area contributed by atoms with Crippen LogP contribution < -0.4 is 14.8 Å². The number of amides is 2. The van der Waals surface area contributed by atoms with Gasteiger partial charge in [-0.15, -0.1) is 0 Å². The Balaban J connectivity index is 1.49. The molecule has 8 heteroatoms. The van der Waals surface area contributed by atoms with Gasteiger partial charge in [0.15, 0.2) is 6.61 Å². The van der Waals surface area contributed by atoms with Gasteiger partial charge in [0, 0.05) is 16.5 Å². The molecule has 4 aromatic rings. The molecule has 2 amide bonds. The van der Waals surface area contributed by atoms with Crippen molar-refractivity contribution in [3.8, 4) is 22.8 Å². The lowest BCUT2D eigenvalue weighted by atomic mass is 10.0. The number of nitrogens with one attached hydrogen (secondary N) is 1. The van der Waals surface area contributed by atoms with Crippen molar-refractivity contribution in [1.29, 1.82) is 0 Å². The van der Waals surface area contributed by atoms with Gasteiger partial charge in [0.2, 0.25) is 0 Å². The number of esters is 1. The van der Waals surface area contributed by atoms with Gasteiger partial charge in [-0.1, -0.05) is 18.2 Å². The van der Waals surface area contributed by atoms with Crippen molar-refractivity contribution < 1.29 is 28.6 Å². The summed E-state index contributed by atoms with van der Waals surface area (Å²) in [5, 5.41) is 2.79. The van der Waals surface area contributed by atoms with Crippen LogP contribution in [0.15, 0.2) is 78.9 Å². The molecule has 0 bridgehead atoms. The summed E-state index contributed by atoms with van der Waals surface area (Å²) in [6.45, 7) is -0.616. The molecule has 4 rings (SSSR count). The van der Waals surface area contributed by atoms with Gasteiger partial charge in [-0.25, -0.2) is 9.78 Å². The molecular weight excluding hydrogens is 448 g/mol. The summed E-state index contributed by atoms with van der Waals surface area (Å²) < 4.78 is 15.5. The topological polar surface area (TPSA) is 104 Å². The van der Waals surface area contributed by atoms with Crippen molar-refractivity contribution in [2.75, 3.05) is 20.8 Å². The molecular formula is C27H22N2O6. The van der Waals surface area contributed by atoms with Crippen LogP contribution in [0.1, 0.15) is 20.7 Å². The number of pyridine rings is 1. The van der Waals surface area contributed by atoms with Gasteiger partial charge in [-0.3, -0.25) is 14.9 Å². The fourth-order valence-corrected chi connectivity index (χ4v) is 3.44. The van der Waals surface area contributed by atoms with Gasteiger partial charge in [0.1, 0.15) is 11.5 Å². The van der Waals surface area contributed by atoms with Crippen molar-refractivity contribution in [3.05, 3.63) is 90.0 Å². The molecule has 0 spiro atoms. The fraction of sp³-hybridized carbons (Fsp3) is 0.111. The van der Waals surface area contributed by atoms with E-state index in [-0.39, 0.29) is 11.1 Å². The zero-order valence-corrected chi connectivity index (χ0v) is 19.1. The highest BCUT2D eigenvalue weighted by molar-refractivity contribution is 6.07. The van der Waals surface area contributed by atoms with Crippen LogP contribution in [0.4, 0.5) is 0 Å². The lowest BCUT2D eigenvalue weighted by molar-refractivity contribution is -0.123. The van der Waals surface area contributed by atoms with Crippen molar-refractivity contribution >= 4 is 28.7 Å². The van der Waals surface area contributed by atoms with E-state index in [0.717, 1.165) is 5.56 Å². The number of rotatable bonds is 7. The van der Waals surface area contributed by atoms with Crippen LogP contribution >= 0.6 is 0 Å². The minimum absolute atomic E-state index is 0.260. The van der Waals surface area contributed by atoms with Crippen molar-refractivity contribution in [3.63, 3.8) is 0 Å². The molecule has 0 fully saturated rings. The van der Waals surface area contributed by atoms with Gasteiger partial charge < -0.3 is 14.2 Å². The SMILES string of the molecule is COc1ccc(C(=O)NC(=O)COC(=O)c2cc(-c3ccc(OC)cc3)nc3ccccc23)cc1. The maximum Gasteiger partial charge on any atom is 0.339 e. The molecule has 0 aliphatic carbocycles. The molecule has 1 heterocycles. The third kappa shape index (κ3) is 5.44. The van der Waals surface area contributed by atoms with Gasteiger partial charge in [0.25, 0.3) is 11.8 Å². The first-order chi connectivity index (χ1) is 17.0. The smallest absolute Gasteiger partial charge is 0.339 e. The van der Waals surface area contributed by atoms with E-state index < -0.39 is 24.4 Å². The van der Waals surface area contributed by atoms with Gasteiger partial charge in [0.05, 0.1) is 31.0 Å². The molecule has 35 heavy (non-hydrogen) atoms. The Morgan fingerprint density at radius 3 is 2.11 bits per heavy atom. The van der Waals surface area contributed by atoms with E-state index in [1.807, 2.05) is 18.2 Å². The molecule has 0 radical (unpaired) electrons. The number of carbonyl (C=O) groups is 3. The molecule has 176 valence electrons. The fourth-order valence-electron chi connectivity index (χ4n) is 3.44. The Bertz CT molecular complexity index is 1380. The summed E-state index contributed by atoms with van der Waals surface area (Å²) in [7, 11) is 3.09. The Morgan fingerprint density at radius 2 is 1.46 bits per heavy atom. The summed E-state index contributed by atoms with van der Waals surface area (Å²) in [6.07, 6.45) is 0. The number of methoxy groups -OCH3 is 2. The minimum atomic E-state index is -0.743. The average Bonchev–Trinajstić information content (AvgIpc) is 2.91. The highest BCUT2D eigenvalue weighted by atomic mass is 16.5. The Hall–Kier alpha value is -4.72. The van der Waals surface area contributed by atoms with E-state index in [9.17, 15) is 14.4 Å². The van der Waals surface area contributed by atoms with Gasteiger partial charge in [-0.2, -0.15) is 0 Å². The van der Waals surface area contributed by atoms with E-state index in [1.54, 1.807) is 55.6 Å². The number of hydrogen-bond donors (Lipinski definition) is 1. The summed E-state index contributed by atoms with van der Waals surface area (Å²) in [5.74, 6) is -0.770. The largest absolute Gasteiger partial charge is 0.497 e. The predicted molar refractivity (Wildman–Crippen MR) is 129 cm³/mol. The third-order valence-corrected chi connectivity index (χ3v) is 5.26. The standard InChI is InChI=1S/C27H22N2O6/c1-33-19-11-7-17(8-12-19)24-15-22(21-5-3-4-6-23(21)28-24)27(32)35-16-25(30)29-26(31)18-9-13-20(34-2)14-10-18/h3-15H,16H2,1-2H3,(H,29,30,31). The second-order valence-electron chi connectivity index (χ2n) is 7.48. The molecule has 1 N–H and O–H groups in total. The maximum atomic E-state index is 12.9. The normalized spacial score (nSPS) is 10.5. The molecule has 0 aliphatic rings. The number of fused-ring (bicyclic) bond motifs is 1. The van der Waals surface area contributed by atoms with Crippen molar-refractivity contribution in [2.45, 2.75) is 0 Å². The van der Waals surface area contributed by atoms with Crippen LogP contribution in [-0.4, -0.2) is 43.6 Å². The first-order valence-corrected chi connectivity index (χ1v) is 10.7. The Kier molecular flexibility index (Phi) is 7.02. The van der Waals surface area contributed by atoms with Crippen molar-refractivity contribution in [2.24, 2.45) is 0 Å². The van der Waals surface area contributed by atoms with Crippen LogP contribution in [0.5, 0.6) is 11.5 Å². The molecule has 8 nitrogen and oxygen atoms in total. The Labute approximate surface area is 201 Å². The number of benzene rings is 3.